The van der Waals surface area contributed by atoms with Gasteiger partial charge in [-0.25, -0.2) is 0 Å². The highest BCUT2D eigenvalue weighted by molar-refractivity contribution is 6.24. The second-order valence-corrected chi connectivity index (χ2v) is 9.75. The predicted molar refractivity (Wildman–Crippen MR) is 99.4 cm³/mol. The van der Waals surface area contributed by atoms with Gasteiger partial charge in [0.25, 0.3) is 0 Å². The lowest BCUT2D eigenvalue weighted by Crippen LogP contribution is -2.59. The number of rotatable bonds is 2. The molecule has 2 atom stereocenters. The van der Waals surface area contributed by atoms with Crippen molar-refractivity contribution in [1.29, 1.82) is 0 Å². The zero-order chi connectivity index (χ0) is 17.2. The van der Waals surface area contributed by atoms with Gasteiger partial charge in [0.2, 0.25) is 5.91 Å². The van der Waals surface area contributed by atoms with Crippen LogP contribution >= 0.6 is 11.6 Å². The fourth-order valence-corrected chi connectivity index (χ4v) is 7.29. The Hall–Kier alpha value is -1.22. The van der Waals surface area contributed by atoms with E-state index in [1.54, 1.807) is 7.11 Å². The topological polar surface area (TPSA) is 29.5 Å². The molecule has 6 rings (SSSR count). The van der Waals surface area contributed by atoms with Crippen molar-refractivity contribution >= 4 is 23.2 Å². The Labute approximate surface area is 154 Å². The largest absolute Gasteiger partial charge is 0.497 e. The first-order valence-corrected chi connectivity index (χ1v) is 10.1. The van der Waals surface area contributed by atoms with Gasteiger partial charge >= 0.3 is 0 Å². The van der Waals surface area contributed by atoms with Gasteiger partial charge in [0.1, 0.15) is 5.75 Å². The first-order valence-electron chi connectivity index (χ1n) is 9.68. The number of hydrogen-bond acceptors (Lipinski definition) is 2. The van der Waals surface area contributed by atoms with Crippen molar-refractivity contribution in [2.75, 3.05) is 18.6 Å². The van der Waals surface area contributed by atoms with Crippen LogP contribution in [0, 0.1) is 17.3 Å². The molecule has 4 aliphatic carbocycles. The van der Waals surface area contributed by atoms with E-state index in [2.05, 4.69) is 17.0 Å². The minimum atomic E-state index is -0.208. The maximum absolute atomic E-state index is 13.7. The monoisotopic (exact) mass is 359 g/mol. The van der Waals surface area contributed by atoms with E-state index in [0.29, 0.717) is 17.7 Å². The highest BCUT2D eigenvalue weighted by Crippen LogP contribution is 2.64. The molecule has 1 aromatic rings. The van der Waals surface area contributed by atoms with Gasteiger partial charge in [-0.15, -0.1) is 11.6 Å². The number of amides is 1. The molecule has 3 nitrogen and oxygen atoms in total. The second-order valence-electron chi connectivity index (χ2n) is 8.95. The number of anilines is 1. The Morgan fingerprint density at radius 1 is 1.24 bits per heavy atom. The van der Waals surface area contributed by atoms with Crippen LogP contribution in [-0.4, -0.2) is 24.4 Å². The third-order valence-electron chi connectivity index (χ3n) is 7.09. The van der Waals surface area contributed by atoms with E-state index in [4.69, 9.17) is 16.3 Å². The molecule has 0 N–H and O–H groups in total. The van der Waals surface area contributed by atoms with Crippen molar-refractivity contribution in [3.8, 4) is 5.75 Å². The third-order valence-corrected chi connectivity index (χ3v) is 7.54. The van der Waals surface area contributed by atoms with E-state index in [9.17, 15) is 4.79 Å². The van der Waals surface area contributed by atoms with Gasteiger partial charge in [-0.2, -0.15) is 0 Å². The number of benzene rings is 1. The van der Waals surface area contributed by atoms with Crippen molar-refractivity contribution in [2.45, 2.75) is 56.2 Å². The number of fused-ring (bicyclic) bond motifs is 1. The molecule has 0 radical (unpaired) electrons. The molecule has 25 heavy (non-hydrogen) atoms. The van der Waals surface area contributed by atoms with Crippen LogP contribution in [0.3, 0.4) is 0 Å². The number of carbonyl (C=O) groups excluding carboxylic acids is 1. The summed E-state index contributed by atoms with van der Waals surface area (Å²) in [6.07, 6.45) is 8.57. The van der Waals surface area contributed by atoms with Gasteiger partial charge in [0.15, 0.2) is 0 Å². The molecular formula is C21H26ClNO2. The average molecular weight is 360 g/mol. The summed E-state index contributed by atoms with van der Waals surface area (Å²) in [5.74, 6) is 2.53. The van der Waals surface area contributed by atoms with Gasteiger partial charge in [-0.1, -0.05) is 0 Å². The average Bonchev–Trinajstić information content (AvgIpc) is 2.58. The SMILES string of the molecule is COc1ccc2c(c1)CCCN2C(=O)C12CC3CC(CC(Cl)(C3)C1)C2. The van der Waals surface area contributed by atoms with E-state index >= 15 is 0 Å². The summed E-state index contributed by atoms with van der Waals surface area (Å²) in [4.78, 5) is 15.7. The molecule has 4 fully saturated rings. The van der Waals surface area contributed by atoms with Crippen molar-refractivity contribution in [3.63, 3.8) is 0 Å². The molecule has 4 saturated carbocycles. The second kappa shape index (κ2) is 5.39. The number of ether oxygens (including phenoxy) is 1. The zero-order valence-corrected chi connectivity index (χ0v) is 15.6. The minimum Gasteiger partial charge on any atom is -0.497 e. The van der Waals surface area contributed by atoms with Crippen LogP contribution in [0.15, 0.2) is 18.2 Å². The van der Waals surface area contributed by atoms with E-state index in [-0.39, 0.29) is 10.3 Å². The third kappa shape index (κ3) is 2.42. The number of methoxy groups -OCH3 is 1. The zero-order valence-electron chi connectivity index (χ0n) is 14.9. The molecule has 0 spiro atoms. The van der Waals surface area contributed by atoms with Gasteiger partial charge in [0, 0.05) is 17.1 Å². The van der Waals surface area contributed by atoms with Crippen LogP contribution in [0.25, 0.3) is 0 Å². The molecule has 1 amide bonds. The summed E-state index contributed by atoms with van der Waals surface area (Å²) in [5, 5.41) is 0. The highest BCUT2D eigenvalue weighted by atomic mass is 35.5. The Morgan fingerprint density at radius 2 is 2.00 bits per heavy atom. The Bertz CT molecular complexity index is 717. The molecule has 2 unspecified atom stereocenters. The van der Waals surface area contributed by atoms with Gasteiger partial charge < -0.3 is 9.64 Å². The number of aryl methyl sites for hydroxylation is 1. The summed E-state index contributed by atoms with van der Waals surface area (Å²) in [7, 11) is 1.70. The smallest absolute Gasteiger partial charge is 0.233 e. The molecule has 1 heterocycles. The van der Waals surface area contributed by atoms with Crippen LogP contribution in [0.2, 0.25) is 0 Å². The van der Waals surface area contributed by atoms with Crippen molar-refractivity contribution in [3.05, 3.63) is 23.8 Å². The molecule has 4 bridgehead atoms. The molecule has 1 aromatic carbocycles. The number of hydrogen-bond donors (Lipinski definition) is 0. The summed E-state index contributed by atoms with van der Waals surface area (Å²) in [5.41, 5.74) is 2.13. The Balaban J connectivity index is 1.50. The molecule has 5 aliphatic rings. The molecule has 0 saturated heterocycles. The van der Waals surface area contributed by atoms with E-state index in [0.717, 1.165) is 62.9 Å². The van der Waals surface area contributed by atoms with E-state index in [1.807, 2.05) is 6.07 Å². The van der Waals surface area contributed by atoms with Crippen LogP contribution in [0.5, 0.6) is 5.75 Å². The van der Waals surface area contributed by atoms with Gasteiger partial charge in [0.05, 0.1) is 12.5 Å². The summed E-state index contributed by atoms with van der Waals surface area (Å²) in [6, 6.07) is 6.15. The van der Waals surface area contributed by atoms with E-state index < -0.39 is 0 Å². The minimum absolute atomic E-state index is 0.113. The molecule has 0 aromatic heterocycles. The van der Waals surface area contributed by atoms with Crippen LogP contribution in [0.1, 0.15) is 50.5 Å². The summed E-state index contributed by atoms with van der Waals surface area (Å²) >= 11 is 6.96. The fraction of sp³-hybridized carbons (Fsp3) is 0.667. The lowest BCUT2D eigenvalue weighted by Gasteiger charge is -2.60. The number of alkyl halides is 1. The molecule has 4 heteroatoms. The first kappa shape index (κ1) is 16.0. The number of halogens is 1. The Kier molecular flexibility index (Phi) is 3.45. The van der Waals surface area contributed by atoms with Crippen molar-refractivity contribution in [2.24, 2.45) is 17.3 Å². The van der Waals surface area contributed by atoms with Crippen LogP contribution < -0.4 is 9.64 Å². The molecule has 134 valence electrons. The molecular weight excluding hydrogens is 334 g/mol. The number of nitrogens with zero attached hydrogens (tertiary/aromatic N) is 1. The van der Waals surface area contributed by atoms with Crippen LogP contribution in [-0.2, 0) is 11.2 Å². The lowest BCUT2D eigenvalue weighted by atomic mass is 9.49. The number of carbonyl (C=O) groups is 1. The normalized spacial score (nSPS) is 38.6. The summed E-state index contributed by atoms with van der Waals surface area (Å²) < 4.78 is 5.37. The van der Waals surface area contributed by atoms with Gasteiger partial charge in [-0.05, 0) is 87.0 Å². The highest BCUT2D eigenvalue weighted by Gasteiger charge is 2.61. The maximum Gasteiger partial charge on any atom is 0.233 e. The standard InChI is InChI=1S/C21H26ClNO2/c1-25-17-4-5-18-16(8-17)3-2-6-23(18)19(24)20-9-14-7-15(10-20)12-21(22,11-14)13-20/h4-5,8,14-15H,2-3,6-7,9-13H2,1H3. The van der Waals surface area contributed by atoms with Crippen molar-refractivity contribution in [1.82, 2.24) is 0 Å². The Morgan fingerprint density at radius 3 is 2.68 bits per heavy atom. The summed E-state index contributed by atoms with van der Waals surface area (Å²) in [6.45, 7) is 0.838. The van der Waals surface area contributed by atoms with Crippen molar-refractivity contribution < 1.29 is 9.53 Å². The van der Waals surface area contributed by atoms with Crippen LogP contribution in [0.4, 0.5) is 5.69 Å². The first-order chi connectivity index (χ1) is 12.0. The fourth-order valence-electron chi connectivity index (χ4n) is 6.60. The maximum atomic E-state index is 13.7. The molecule has 1 aliphatic heterocycles. The van der Waals surface area contributed by atoms with Gasteiger partial charge in [-0.3, -0.25) is 4.79 Å². The lowest BCUT2D eigenvalue weighted by molar-refractivity contribution is -0.141. The quantitative estimate of drug-likeness (QED) is 0.725. The predicted octanol–water partition coefficient (Wildman–Crippen LogP) is 4.55. The van der Waals surface area contributed by atoms with E-state index in [1.165, 1.54) is 12.0 Å².